The smallest absolute Gasteiger partial charge is 0.304 e. The third-order valence-corrected chi connectivity index (χ3v) is 3.90. The zero-order chi connectivity index (χ0) is 11.5. The van der Waals surface area contributed by atoms with Crippen LogP contribution in [0.15, 0.2) is 26.5 Å². The van der Waals surface area contributed by atoms with E-state index in [9.17, 15) is 9.59 Å². The molecule has 0 spiro atoms. The van der Waals surface area contributed by atoms with Gasteiger partial charge in [-0.1, -0.05) is 11.3 Å². The highest BCUT2D eigenvalue weighted by atomic mass is 32.1. The fourth-order valence-corrected chi connectivity index (χ4v) is 2.75. The van der Waals surface area contributed by atoms with Crippen LogP contribution in [0.3, 0.4) is 0 Å². The van der Waals surface area contributed by atoms with Crippen molar-refractivity contribution in [3.8, 4) is 0 Å². The largest absolute Gasteiger partial charge is 0.346 e. The average Bonchev–Trinajstić information content (AvgIpc) is 2.84. The number of carbonyl (C=O) groups is 1. The van der Waals surface area contributed by atoms with Gasteiger partial charge in [0.1, 0.15) is 0 Å². The summed E-state index contributed by atoms with van der Waals surface area (Å²) in [5.74, 6) is -0.155. The molecule has 0 fully saturated rings. The number of aromatic nitrogens is 1. The molecule has 0 unspecified atom stereocenters. The number of nitrogens with one attached hydrogen (secondary N) is 2. The van der Waals surface area contributed by atoms with Crippen molar-refractivity contribution in [1.29, 1.82) is 0 Å². The van der Waals surface area contributed by atoms with Gasteiger partial charge in [-0.05, 0) is 6.07 Å². The normalized spacial score (nSPS) is 10.3. The minimum atomic E-state index is -0.155. The molecule has 2 heterocycles. The van der Waals surface area contributed by atoms with Gasteiger partial charge >= 0.3 is 4.87 Å². The van der Waals surface area contributed by atoms with E-state index >= 15 is 0 Å². The van der Waals surface area contributed by atoms with Crippen LogP contribution < -0.4 is 10.2 Å². The lowest BCUT2D eigenvalue weighted by atomic mass is 10.4. The maximum atomic E-state index is 11.6. The Morgan fingerprint density at radius 2 is 2.25 bits per heavy atom. The van der Waals surface area contributed by atoms with Gasteiger partial charge < -0.3 is 10.3 Å². The molecule has 7 heteroatoms. The third-order valence-electron chi connectivity index (χ3n) is 1.82. The first-order chi connectivity index (χ1) is 7.65. The lowest BCUT2D eigenvalue weighted by Gasteiger charge is -2.00. The van der Waals surface area contributed by atoms with Crippen molar-refractivity contribution in [2.24, 2.45) is 0 Å². The highest BCUT2D eigenvalue weighted by Crippen LogP contribution is 2.17. The van der Waals surface area contributed by atoms with Crippen LogP contribution in [0.4, 0.5) is 0 Å². The molecule has 84 valence electrons. The van der Waals surface area contributed by atoms with E-state index in [0.29, 0.717) is 17.1 Å². The van der Waals surface area contributed by atoms with Gasteiger partial charge in [-0.25, -0.2) is 0 Å². The molecule has 16 heavy (non-hydrogen) atoms. The monoisotopic (exact) mass is 272 g/mol. The molecule has 2 N–H and O–H groups in total. The van der Waals surface area contributed by atoms with E-state index < -0.39 is 0 Å². The molecule has 1 amide bonds. The van der Waals surface area contributed by atoms with Gasteiger partial charge in [-0.15, -0.1) is 24.0 Å². The van der Waals surface area contributed by atoms with Gasteiger partial charge in [0.15, 0.2) is 0 Å². The van der Waals surface area contributed by atoms with Crippen molar-refractivity contribution in [1.82, 2.24) is 10.3 Å². The Morgan fingerprint density at radius 3 is 2.81 bits per heavy atom. The molecular formula is C9H8N2O2S3. The fraction of sp³-hybridized carbons (Fsp3) is 0.111. The summed E-state index contributed by atoms with van der Waals surface area (Å²) in [4.78, 5) is 26.4. The molecule has 0 saturated heterocycles. The molecule has 0 radical (unpaired) electrons. The van der Waals surface area contributed by atoms with E-state index in [1.807, 2.05) is 0 Å². The summed E-state index contributed by atoms with van der Waals surface area (Å²) in [7, 11) is 0. The van der Waals surface area contributed by atoms with Crippen molar-refractivity contribution >= 4 is 41.2 Å². The van der Waals surface area contributed by atoms with Crippen molar-refractivity contribution in [3.05, 3.63) is 37.1 Å². The van der Waals surface area contributed by atoms with Crippen molar-refractivity contribution in [2.75, 3.05) is 0 Å². The van der Waals surface area contributed by atoms with E-state index in [1.165, 1.54) is 11.3 Å². The number of aromatic amines is 1. The van der Waals surface area contributed by atoms with E-state index in [0.717, 1.165) is 16.2 Å². The summed E-state index contributed by atoms with van der Waals surface area (Å²) < 4.78 is 0. The Kier molecular flexibility index (Phi) is 3.47. The summed E-state index contributed by atoms with van der Waals surface area (Å²) in [6, 6.07) is 1.71. The van der Waals surface area contributed by atoms with Gasteiger partial charge in [0.25, 0.3) is 5.91 Å². The molecular weight excluding hydrogens is 264 g/mol. The highest BCUT2D eigenvalue weighted by molar-refractivity contribution is 7.80. The molecule has 2 aromatic rings. The molecule has 0 aliphatic heterocycles. The SMILES string of the molecule is O=C(NCc1csc(=O)[nH]1)c1cc(S)cs1. The minimum Gasteiger partial charge on any atom is -0.346 e. The van der Waals surface area contributed by atoms with Gasteiger partial charge in [-0.3, -0.25) is 9.59 Å². The number of thiazole rings is 1. The third kappa shape index (κ3) is 2.75. The van der Waals surface area contributed by atoms with E-state index in [1.54, 1.807) is 16.8 Å². The minimum absolute atomic E-state index is 0.113. The Labute approximate surface area is 105 Å². The number of H-pyrrole nitrogens is 1. The van der Waals surface area contributed by atoms with E-state index in [4.69, 9.17) is 0 Å². The van der Waals surface area contributed by atoms with Gasteiger partial charge in [0.2, 0.25) is 0 Å². The van der Waals surface area contributed by atoms with Crippen LogP contribution >= 0.6 is 35.3 Å². The quantitative estimate of drug-likeness (QED) is 0.745. The zero-order valence-electron chi connectivity index (χ0n) is 8.02. The molecule has 0 aliphatic carbocycles. The van der Waals surface area contributed by atoms with Crippen LogP contribution in [0.25, 0.3) is 0 Å². The fourth-order valence-electron chi connectivity index (χ4n) is 1.11. The van der Waals surface area contributed by atoms with Crippen LogP contribution in [0.5, 0.6) is 0 Å². The second kappa shape index (κ2) is 4.86. The standard InChI is InChI=1S/C9H8N2O2S3/c12-8(7-1-6(14)4-15-7)10-2-5-3-16-9(13)11-5/h1,3-4,14H,2H2,(H,10,12)(H,11,13). The lowest BCUT2D eigenvalue weighted by molar-refractivity contribution is 0.0954. The first-order valence-electron chi connectivity index (χ1n) is 4.37. The van der Waals surface area contributed by atoms with E-state index in [2.05, 4.69) is 22.9 Å². The summed E-state index contributed by atoms with van der Waals surface area (Å²) in [6.07, 6.45) is 0. The Balaban J connectivity index is 1.96. The number of carbonyl (C=O) groups excluding carboxylic acids is 1. The first-order valence-corrected chi connectivity index (χ1v) is 6.58. The topological polar surface area (TPSA) is 62.0 Å². The van der Waals surface area contributed by atoms with Crippen LogP contribution in [-0.4, -0.2) is 10.9 Å². The number of thiol groups is 1. The number of rotatable bonds is 3. The molecule has 0 saturated carbocycles. The summed E-state index contributed by atoms with van der Waals surface area (Å²) in [5, 5.41) is 6.21. The van der Waals surface area contributed by atoms with E-state index in [-0.39, 0.29) is 10.8 Å². The number of hydrogen-bond donors (Lipinski definition) is 3. The Hall–Kier alpha value is -1.05. The average molecular weight is 272 g/mol. The number of thiophene rings is 1. The zero-order valence-corrected chi connectivity index (χ0v) is 10.5. The van der Waals surface area contributed by atoms with Crippen molar-refractivity contribution in [2.45, 2.75) is 11.4 Å². The summed E-state index contributed by atoms with van der Waals surface area (Å²) in [5.41, 5.74) is 0.714. The predicted molar refractivity (Wildman–Crippen MR) is 67.7 cm³/mol. The summed E-state index contributed by atoms with van der Waals surface area (Å²) in [6.45, 7) is 0.331. The highest BCUT2D eigenvalue weighted by Gasteiger charge is 2.07. The molecule has 0 aromatic carbocycles. The van der Waals surface area contributed by atoms with Crippen LogP contribution in [0.2, 0.25) is 0 Å². The van der Waals surface area contributed by atoms with Crippen molar-refractivity contribution in [3.63, 3.8) is 0 Å². The maximum Gasteiger partial charge on any atom is 0.304 e. The van der Waals surface area contributed by atoms with Crippen molar-refractivity contribution < 1.29 is 4.79 Å². The second-order valence-corrected chi connectivity index (χ2v) is 5.30. The number of hydrogen-bond acceptors (Lipinski definition) is 5. The maximum absolute atomic E-state index is 11.6. The van der Waals surface area contributed by atoms with Crippen LogP contribution in [0, 0.1) is 0 Å². The number of amides is 1. The van der Waals surface area contributed by atoms with Gasteiger partial charge in [0, 0.05) is 21.3 Å². The molecule has 4 nitrogen and oxygen atoms in total. The molecule has 0 atom stereocenters. The lowest BCUT2D eigenvalue weighted by Crippen LogP contribution is -2.22. The molecule has 0 aliphatic rings. The van der Waals surface area contributed by atoms with Gasteiger partial charge in [-0.2, -0.15) is 0 Å². The molecule has 2 rings (SSSR count). The summed E-state index contributed by atoms with van der Waals surface area (Å²) >= 11 is 6.55. The molecule has 2 aromatic heterocycles. The first kappa shape index (κ1) is 11.4. The molecule has 0 bridgehead atoms. The second-order valence-electron chi connectivity index (χ2n) is 3.03. The Bertz CT molecular complexity index is 555. The Morgan fingerprint density at radius 1 is 1.44 bits per heavy atom. The van der Waals surface area contributed by atoms with Crippen LogP contribution in [0.1, 0.15) is 15.4 Å². The van der Waals surface area contributed by atoms with Gasteiger partial charge in [0.05, 0.1) is 11.4 Å². The van der Waals surface area contributed by atoms with Crippen LogP contribution in [-0.2, 0) is 6.54 Å². The predicted octanol–water partition coefficient (Wildman–Crippen LogP) is 1.72.